The largest absolute Gasteiger partial charge is 0.497 e. The summed E-state index contributed by atoms with van der Waals surface area (Å²) < 4.78 is 5.34. The third-order valence-electron chi connectivity index (χ3n) is 6.52. The van der Waals surface area contributed by atoms with Crippen molar-refractivity contribution in [2.45, 2.75) is 58.0 Å². The number of carbonyl (C=O) groups is 1. The summed E-state index contributed by atoms with van der Waals surface area (Å²) in [6.45, 7) is 6.44. The molecule has 1 saturated carbocycles. The molecule has 0 atom stereocenters. The molecule has 2 aliphatic rings. The molecule has 2 fully saturated rings. The number of nitrogens with one attached hydrogen (secondary N) is 1. The van der Waals surface area contributed by atoms with Gasteiger partial charge in [-0.15, -0.1) is 0 Å². The van der Waals surface area contributed by atoms with Gasteiger partial charge in [0, 0.05) is 45.7 Å². The van der Waals surface area contributed by atoms with E-state index in [2.05, 4.69) is 26.1 Å². The topological polar surface area (TPSA) is 38.3 Å². The summed E-state index contributed by atoms with van der Waals surface area (Å²) in [6.07, 6.45) is 9.99. The number of aryl methyl sites for hydroxylation is 2. The molecule has 3 rings (SSSR count). The zero-order valence-corrected chi connectivity index (χ0v) is 19.9. The van der Waals surface area contributed by atoms with Crippen LogP contribution < -0.4 is 10.1 Å². The Balaban J connectivity index is 0.00000225. The molecule has 1 aromatic carbocycles. The minimum atomic E-state index is -1.14. The summed E-state index contributed by atoms with van der Waals surface area (Å²) in [5.41, 5.74) is 3.16. The van der Waals surface area contributed by atoms with E-state index in [1.165, 1.54) is 37.7 Å². The maximum atomic E-state index is 13.4. The van der Waals surface area contributed by atoms with Gasteiger partial charge >= 0.3 is 0 Å². The fourth-order valence-corrected chi connectivity index (χ4v) is 10.6. The molecular weight excluding hydrogens is 406 g/mol. The molecule has 0 bridgehead atoms. The Morgan fingerprint density at radius 3 is 2.12 bits per heavy atom. The first-order valence-corrected chi connectivity index (χ1v) is 11.7. The van der Waals surface area contributed by atoms with E-state index in [9.17, 15) is 4.79 Å². The van der Waals surface area contributed by atoms with E-state index in [-0.39, 0.29) is 37.9 Å². The summed E-state index contributed by atoms with van der Waals surface area (Å²) in [6, 6.07) is 4.02. The Bertz CT molecular complexity index is 614. The first-order valence-electron chi connectivity index (χ1n) is 9.31. The molecule has 1 aromatic rings. The Morgan fingerprint density at radius 2 is 1.72 bits per heavy atom. The molecule has 25 heavy (non-hydrogen) atoms. The zero-order valence-electron chi connectivity index (χ0n) is 16.2. The molecule has 1 N–H and O–H groups in total. The van der Waals surface area contributed by atoms with Crippen molar-refractivity contribution in [1.82, 2.24) is 0 Å². The molecule has 3 nitrogen and oxygen atoms in total. The number of amides is 1. The van der Waals surface area contributed by atoms with Crippen molar-refractivity contribution >= 4 is 18.9 Å². The van der Waals surface area contributed by atoms with Crippen LogP contribution in [0.1, 0.15) is 50.2 Å². The minimum absolute atomic E-state index is 0. The van der Waals surface area contributed by atoms with Crippen LogP contribution in [0.5, 0.6) is 5.75 Å². The van der Waals surface area contributed by atoms with E-state index in [4.69, 9.17) is 4.74 Å². The number of ether oxygens (including phenoxy) is 1. The molecule has 0 aromatic heterocycles. The summed E-state index contributed by atoms with van der Waals surface area (Å²) in [5, 5.41) is 3.31. The van der Waals surface area contributed by atoms with E-state index < -0.39 is 7.26 Å². The molecule has 1 radical (unpaired) electrons. The predicted molar refractivity (Wildman–Crippen MR) is 104 cm³/mol. The Hall–Kier alpha value is 0.0239. The Labute approximate surface area is 178 Å². The maximum absolute atomic E-state index is 13.4. The van der Waals surface area contributed by atoms with Crippen LogP contribution in [-0.2, 0) is 37.5 Å². The summed E-state index contributed by atoms with van der Waals surface area (Å²) >= 11 is 0. The second kappa shape index (κ2) is 8.36. The van der Waals surface area contributed by atoms with Crippen LogP contribution in [0.4, 0.5) is 5.69 Å². The SMILES string of the molecule is CC[P+]1(C2(C(=O)Nc3c(C)cc(OC)cc3C)CCC2)CCCC1.[Y]. The Morgan fingerprint density at radius 1 is 1.16 bits per heavy atom. The zero-order chi connectivity index (χ0) is 17.4. The average Bonchev–Trinajstić information content (AvgIpc) is 2.99. The number of anilines is 1. The molecule has 0 spiro atoms. The Kier molecular flexibility index (Phi) is 7.13. The molecule has 1 heterocycles. The van der Waals surface area contributed by atoms with Crippen molar-refractivity contribution in [3.05, 3.63) is 23.3 Å². The minimum Gasteiger partial charge on any atom is -0.497 e. The molecule has 135 valence electrons. The number of hydrogen-bond acceptors (Lipinski definition) is 2. The van der Waals surface area contributed by atoms with Crippen LogP contribution in [0, 0.1) is 13.8 Å². The van der Waals surface area contributed by atoms with E-state index in [1.807, 2.05) is 12.1 Å². The average molecular weight is 437 g/mol. The van der Waals surface area contributed by atoms with Crippen molar-refractivity contribution in [3.8, 4) is 5.75 Å². The van der Waals surface area contributed by atoms with Crippen LogP contribution in [0.15, 0.2) is 12.1 Å². The summed E-state index contributed by atoms with van der Waals surface area (Å²) in [7, 11) is 0.548. The van der Waals surface area contributed by atoms with Gasteiger partial charge in [-0.05, 0) is 76.1 Å². The second-order valence-electron chi connectivity index (χ2n) is 7.59. The fourth-order valence-electron chi connectivity index (χ4n) is 4.88. The van der Waals surface area contributed by atoms with Crippen LogP contribution in [-0.4, -0.2) is 36.7 Å². The van der Waals surface area contributed by atoms with Gasteiger partial charge in [0.25, 0.3) is 5.91 Å². The summed E-state index contributed by atoms with van der Waals surface area (Å²) in [5.74, 6) is 1.16. The van der Waals surface area contributed by atoms with Crippen molar-refractivity contribution in [2.24, 2.45) is 0 Å². The van der Waals surface area contributed by atoms with E-state index in [0.717, 1.165) is 35.4 Å². The number of rotatable bonds is 5. The molecule has 1 saturated heterocycles. The van der Waals surface area contributed by atoms with Crippen molar-refractivity contribution in [3.63, 3.8) is 0 Å². The number of benzene rings is 1. The van der Waals surface area contributed by atoms with E-state index in [0.29, 0.717) is 5.91 Å². The van der Waals surface area contributed by atoms with Gasteiger partial charge in [-0.3, -0.25) is 4.79 Å². The van der Waals surface area contributed by atoms with Crippen molar-refractivity contribution in [1.29, 1.82) is 0 Å². The first-order chi connectivity index (χ1) is 11.5. The van der Waals surface area contributed by atoms with Crippen LogP contribution in [0.3, 0.4) is 0 Å². The van der Waals surface area contributed by atoms with Crippen LogP contribution in [0.2, 0.25) is 0 Å². The van der Waals surface area contributed by atoms with Gasteiger partial charge in [-0.2, -0.15) is 0 Å². The predicted octanol–water partition coefficient (Wildman–Crippen LogP) is 5.00. The number of hydrogen-bond donors (Lipinski definition) is 1. The quantitative estimate of drug-likeness (QED) is 0.659. The molecule has 1 amide bonds. The van der Waals surface area contributed by atoms with Crippen LogP contribution in [0.25, 0.3) is 0 Å². The second-order valence-corrected chi connectivity index (χ2v) is 12.3. The maximum Gasteiger partial charge on any atom is 0.268 e. The van der Waals surface area contributed by atoms with Gasteiger partial charge in [0.1, 0.15) is 5.75 Å². The van der Waals surface area contributed by atoms with E-state index in [1.54, 1.807) is 7.11 Å². The van der Waals surface area contributed by atoms with Gasteiger partial charge in [0.05, 0.1) is 25.6 Å². The molecular formula is C20H31NO2PY+. The smallest absolute Gasteiger partial charge is 0.268 e. The van der Waals surface area contributed by atoms with Gasteiger partial charge < -0.3 is 10.1 Å². The molecule has 5 heteroatoms. The van der Waals surface area contributed by atoms with E-state index >= 15 is 0 Å². The van der Waals surface area contributed by atoms with Crippen LogP contribution >= 0.6 is 7.26 Å². The molecule has 1 aliphatic heterocycles. The molecule has 0 unspecified atom stereocenters. The van der Waals surface area contributed by atoms with Gasteiger partial charge in [0.2, 0.25) is 0 Å². The third-order valence-corrected chi connectivity index (χ3v) is 12.5. The summed E-state index contributed by atoms with van der Waals surface area (Å²) in [4.78, 5) is 13.4. The van der Waals surface area contributed by atoms with Gasteiger partial charge in [-0.1, -0.05) is 0 Å². The van der Waals surface area contributed by atoms with Gasteiger partial charge in [-0.25, -0.2) is 0 Å². The fraction of sp³-hybridized carbons (Fsp3) is 0.650. The monoisotopic (exact) mass is 437 g/mol. The third kappa shape index (κ3) is 3.58. The molecule has 1 aliphatic carbocycles. The normalized spacial score (nSPS) is 20.3. The van der Waals surface area contributed by atoms with Gasteiger partial charge in [0.15, 0.2) is 5.16 Å². The first kappa shape index (κ1) is 21.3. The standard InChI is InChI=1S/C20H30NO2P.Y/c1-5-24(11-6-7-12-24)20(9-8-10-20)19(22)21-18-15(2)13-17(23-4)14-16(18)3;/h13-14H,5-12H2,1-4H3;/p+1. The van der Waals surface area contributed by atoms with Crippen molar-refractivity contribution in [2.75, 3.05) is 30.9 Å². The van der Waals surface area contributed by atoms with Crippen molar-refractivity contribution < 1.29 is 42.2 Å². The number of carbonyl (C=O) groups excluding carboxylic acids is 1. The number of methoxy groups -OCH3 is 1.